The SMILES string of the molecule is C[C@@H](OC(=O)C(C)(C)C)[C@@](O)(Cn1cncn1)c1ccc(F)cc1F.C[C@@H](OC(=O)C(C)(C)C)[C@@](O)(Cn1cncn1)c1ccc(F)cc1F. The summed E-state index contributed by atoms with van der Waals surface area (Å²) in [6.45, 7) is 12.4. The highest BCUT2D eigenvalue weighted by Crippen LogP contribution is 2.34. The van der Waals surface area contributed by atoms with Crippen molar-refractivity contribution >= 4 is 11.9 Å². The summed E-state index contributed by atoms with van der Waals surface area (Å²) in [7, 11) is 0. The minimum atomic E-state index is -1.97. The van der Waals surface area contributed by atoms with E-state index in [0.29, 0.717) is 12.1 Å². The average Bonchev–Trinajstić information content (AvgIpc) is 3.70. The Labute approximate surface area is 287 Å². The molecule has 0 unspecified atom stereocenters. The number of benzene rings is 2. The van der Waals surface area contributed by atoms with Crippen molar-refractivity contribution in [3.8, 4) is 0 Å². The lowest BCUT2D eigenvalue weighted by molar-refractivity contribution is -0.176. The van der Waals surface area contributed by atoms with Gasteiger partial charge < -0.3 is 19.7 Å². The lowest BCUT2D eigenvalue weighted by Gasteiger charge is -2.35. The highest BCUT2D eigenvalue weighted by molar-refractivity contribution is 5.76. The van der Waals surface area contributed by atoms with Crippen LogP contribution in [0.5, 0.6) is 0 Å². The molecule has 0 aliphatic rings. The van der Waals surface area contributed by atoms with Crippen LogP contribution in [0.15, 0.2) is 61.7 Å². The van der Waals surface area contributed by atoms with Gasteiger partial charge in [-0.2, -0.15) is 10.2 Å². The van der Waals surface area contributed by atoms with Gasteiger partial charge in [0.05, 0.1) is 23.9 Å². The summed E-state index contributed by atoms with van der Waals surface area (Å²) in [5, 5.41) is 30.1. The Morgan fingerprint density at radius 2 is 1.02 bits per heavy atom. The molecule has 0 saturated carbocycles. The van der Waals surface area contributed by atoms with Gasteiger partial charge in [-0.25, -0.2) is 36.9 Å². The van der Waals surface area contributed by atoms with Crippen molar-refractivity contribution in [1.82, 2.24) is 29.5 Å². The molecule has 4 rings (SSSR count). The van der Waals surface area contributed by atoms with E-state index in [1.165, 1.54) is 48.5 Å². The molecule has 2 aromatic heterocycles. The predicted molar refractivity (Wildman–Crippen MR) is 171 cm³/mol. The number of carbonyl (C=O) groups is 2. The van der Waals surface area contributed by atoms with Crippen LogP contribution in [0.1, 0.15) is 66.5 Å². The van der Waals surface area contributed by atoms with Gasteiger partial charge in [0.25, 0.3) is 0 Å². The smallest absolute Gasteiger partial charge is 0.311 e. The van der Waals surface area contributed by atoms with E-state index in [2.05, 4.69) is 20.2 Å². The van der Waals surface area contributed by atoms with E-state index < -0.39 is 69.4 Å². The van der Waals surface area contributed by atoms with Crippen molar-refractivity contribution < 1.29 is 46.8 Å². The molecule has 0 aliphatic heterocycles. The minimum absolute atomic E-state index is 0.196. The highest BCUT2D eigenvalue weighted by Gasteiger charge is 2.44. The first-order valence-electron chi connectivity index (χ1n) is 15.5. The number of aliphatic hydroxyl groups is 2. The van der Waals surface area contributed by atoms with Gasteiger partial charge in [-0.15, -0.1) is 0 Å². The largest absolute Gasteiger partial charge is 0.459 e. The van der Waals surface area contributed by atoms with Gasteiger partial charge >= 0.3 is 11.9 Å². The zero-order valence-electron chi connectivity index (χ0n) is 29.1. The number of carbonyl (C=O) groups excluding carboxylic acids is 2. The Balaban J connectivity index is 0.000000270. The third kappa shape index (κ3) is 9.72. The van der Waals surface area contributed by atoms with Gasteiger partial charge in [-0.1, -0.05) is 12.1 Å². The molecule has 0 bridgehead atoms. The summed E-state index contributed by atoms with van der Waals surface area (Å²) in [5.74, 6) is -4.55. The van der Waals surface area contributed by atoms with Gasteiger partial charge in [0.15, 0.2) is 0 Å². The molecule has 12 nitrogen and oxygen atoms in total. The Morgan fingerprint density at radius 3 is 1.28 bits per heavy atom. The summed E-state index contributed by atoms with van der Waals surface area (Å²) >= 11 is 0. The van der Waals surface area contributed by atoms with E-state index in [0.717, 1.165) is 24.3 Å². The van der Waals surface area contributed by atoms with Crippen LogP contribution in [0.4, 0.5) is 17.6 Å². The molecule has 50 heavy (non-hydrogen) atoms. The number of rotatable bonds is 10. The Bertz CT molecular complexity index is 1620. The van der Waals surface area contributed by atoms with E-state index >= 15 is 0 Å². The van der Waals surface area contributed by atoms with Crippen molar-refractivity contribution in [2.24, 2.45) is 10.8 Å². The van der Waals surface area contributed by atoms with Crippen LogP contribution in [-0.4, -0.2) is 63.9 Å². The van der Waals surface area contributed by atoms with Crippen LogP contribution in [-0.2, 0) is 43.4 Å². The van der Waals surface area contributed by atoms with E-state index in [-0.39, 0.29) is 24.2 Å². The molecule has 0 radical (unpaired) electrons. The molecule has 2 aromatic carbocycles. The van der Waals surface area contributed by atoms with Crippen molar-refractivity contribution in [2.45, 2.75) is 91.9 Å². The molecule has 2 N–H and O–H groups in total. The maximum Gasteiger partial charge on any atom is 0.311 e. The molecule has 0 amide bonds. The van der Waals surface area contributed by atoms with Crippen molar-refractivity contribution in [1.29, 1.82) is 0 Å². The number of halogens is 4. The second-order valence-corrected chi connectivity index (χ2v) is 13.9. The molecule has 272 valence electrons. The molecule has 2 heterocycles. The van der Waals surface area contributed by atoms with Crippen molar-refractivity contribution in [2.75, 3.05) is 0 Å². The van der Waals surface area contributed by atoms with Crippen molar-refractivity contribution in [3.05, 3.63) is 96.1 Å². The fraction of sp³-hybridized carbons (Fsp3) is 0.471. The fourth-order valence-electron chi connectivity index (χ4n) is 4.54. The summed E-state index contributed by atoms with van der Waals surface area (Å²) in [4.78, 5) is 31.9. The summed E-state index contributed by atoms with van der Waals surface area (Å²) in [6.07, 6.45) is 2.95. The van der Waals surface area contributed by atoms with Crippen LogP contribution in [0.2, 0.25) is 0 Å². The number of aromatic nitrogens is 6. The Kier molecular flexibility index (Phi) is 12.3. The zero-order valence-corrected chi connectivity index (χ0v) is 29.1. The molecule has 0 spiro atoms. The normalized spacial score (nSPS) is 15.5. The second kappa shape index (κ2) is 15.5. The third-order valence-corrected chi connectivity index (χ3v) is 7.67. The van der Waals surface area contributed by atoms with Gasteiger partial charge in [0.2, 0.25) is 0 Å². The number of esters is 2. The number of nitrogens with zero attached hydrogens (tertiary/aromatic N) is 6. The van der Waals surface area contributed by atoms with E-state index in [1.54, 1.807) is 41.5 Å². The molecule has 0 saturated heterocycles. The number of hydrogen-bond donors (Lipinski definition) is 2. The summed E-state index contributed by atoms with van der Waals surface area (Å²) in [5.41, 5.74) is -5.93. The molecular weight excluding hydrogens is 664 g/mol. The Morgan fingerprint density at radius 1 is 0.680 bits per heavy atom. The molecular formula is C34H42F4N6O6. The maximum atomic E-state index is 14.3. The van der Waals surface area contributed by atoms with Gasteiger partial charge in [-0.05, 0) is 67.5 Å². The van der Waals surface area contributed by atoms with Crippen LogP contribution in [0.25, 0.3) is 0 Å². The van der Waals surface area contributed by atoms with Crippen LogP contribution < -0.4 is 0 Å². The second-order valence-electron chi connectivity index (χ2n) is 13.9. The van der Waals surface area contributed by atoms with Crippen LogP contribution in [0, 0.1) is 34.1 Å². The van der Waals surface area contributed by atoms with E-state index in [4.69, 9.17) is 9.47 Å². The average molecular weight is 707 g/mol. The highest BCUT2D eigenvalue weighted by atomic mass is 19.1. The first-order chi connectivity index (χ1) is 23.1. The third-order valence-electron chi connectivity index (χ3n) is 7.67. The maximum absolute atomic E-state index is 14.3. The topological polar surface area (TPSA) is 154 Å². The molecule has 16 heteroatoms. The standard InChI is InChI=1S/2C17H21F2N3O3/c2*1-11(25-15(23)16(2,3)4)17(24,8-22-10-20-9-21-22)13-6-5-12(18)7-14(13)19/h2*5-7,9-11,24H,8H2,1-4H3/t2*11-,17+/m11/s1. The predicted octanol–water partition coefficient (Wildman–Crippen LogP) is 4.84. The molecule has 0 aliphatic carbocycles. The van der Waals surface area contributed by atoms with E-state index in [1.807, 2.05) is 0 Å². The quantitative estimate of drug-likeness (QED) is 0.173. The van der Waals surface area contributed by atoms with E-state index in [9.17, 15) is 37.4 Å². The fourth-order valence-corrected chi connectivity index (χ4v) is 4.54. The van der Waals surface area contributed by atoms with Crippen LogP contribution >= 0.6 is 0 Å². The zero-order chi connectivity index (χ0) is 37.7. The first-order valence-corrected chi connectivity index (χ1v) is 15.5. The summed E-state index contributed by atoms with van der Waals surface area (Å²) < 4.78 is 68.4. The first kappa shape index (κ1) is 39.7. The number of hydrogen-bond acceptors (Lipinski definition) is 10. The van der Waals surface area contributed by atoms with Gasteiger partial charge in [-0.3, -0.25) is 9.59 Å². The molecule has 4 aromatic rings. The van der Waals surface area contributed by atoms with Gasteiger partial charge in [0, 0.05) is 23.3 Å². The Hall–Kier alpha value is -4.70. The monoisotopic (exact) mass is 706 g/mol. The molecule has 4 atom stereocenters. The minimum Gasteiger partial charge on any atom is -0.459 e. The number of ether oxygens (including phenoxy) is 2. The summed E-state index contributed by atoms with van der Waals surface area (Å²) in [6, 6.07) is 5.65. The van der Waals surface area contributed by atoms with Crippen molar-refractivity contribution in [3.63, 3.8) is 0 Å². The molecule has 0 fully saturated rings. The lowest BCUT2D eigenvalue weighted by Crippen LogP contribution is -2.46. The van der Waals surface area contributed by atoms with Crippen LogP contribution in [0.3, 0.4) is 0 Å². The lowest BCUT2D eigenvalue weighted by atomic mass is 9.87. The van der Waals surface area contributed by atoms with Gasteiger partial charge in [0.1, 0.15) is 72.0 Å².